The number of hydrogen-bond acceptors (Lipinski definition) is 5. The van der Waals surface area contributed by atoms with Gasteiger partial charge in [0.2, 0.25) is 0 Å². The molecule has 2 unspecified atom stereocenters. The van der Waals surface area contributed by atoms with Gasteiger partial charge in [0, 0.05) is 51.4 Å². The molecule has 4 rings (SSSR count). The van der Waals surface area contributed by atoms with E-state index in [0.29, 0.717) is 12.2 Å². The Labute approximate surface area is 107 Å². The van der Waals surface area contributed by atoms with E-state index in [1.165, 1.54) is 0 Å². The summed E-state index contributed by atoms with van der Waals surface area (Å²) in [6.07, 6.45) is 1.91. The van der Waals surface area contributed by atoms with Gasteiger partial charge in [-0.2, -0.15) is 0 Å². The van der Waals surface area contributed by atoms with Gasteiger partial charge in [-0.1, -0.05) is 6.07 Å². The average molecular weight is 248 g/mol. The second-order valence-electron chi connectivity index (χ2n) is 5.22. The minimum absolute atomic E-state index is 0.243. The molecule has 0 spiro atoms. The van der Waals surface area contributed by atoms with Crippen molar-refractivity contribution in [1.82, 2.24) is 14.8 Å². The first-order valence-electron chi connectivity index (χ1n) is 6.58. The topological polar surface area (TPSA) is 65.6 Å². The van der Waals surface area contributed by atoms with Crippen LogP contribution in [-0.4, -0.2) is 64.8 Å². The van der Waals surface area contributed by atoms with Gasteiger partial charge in [0.1, 0.15) is 5.82 Å². The Hall–Kier alpha value is -1.17. The van der Waals surface area contributed by atoms with Gasteiger partial charge in [0.25, 0.3) is 0 Å². The van der Waals surface area contributed by atoms with Crippen LogP contribution in [0, 0.1) is 0 Å². The summed E-state index contributed by atoms with van der Waals surface area (Å²) in [5, 5.41) is 10.4. The van der Waals surface area contributed by atoms with Crippen molar-refractivity contribution in [3.63, 3.8) is 0 Å². The van der Waals surface area contributed by atoms with Crippen molar-refractivity contribution < 1.29 is 5.11 Å². The highest BCUT2D eigenvalue weighted by molar-refractivity contribution is 5.38. The van der Waals surface area contributed by atoms with E-state index in [9.17, 15) is 5.11 Å². The molecule has 1 aromatic rings. The summed E-state index contributed by atoms with van der Waals surface area (Å²) in [5.41, 5.74) is 6.77. The zero-order chi connectivity index (χ0) is 12.5. The maximum Gasteiger partial charge on any atom is 0.126 e. The van der Waals surface area contributed by atoms with Gasteiger partial charge >= 0.3 is 0 Å². The third kappa shape index (κ3) is 2.21. The number of nitrogens with zero attached hydrogens (tertiary/aromatic N) is 3. The lowest BCUT2D eigenvalue weighted by molar-refractivity contribution is -0.0453. The molecule has 0 amide bonds. The highest BCUT2D eigenvalue weighted by Crippen LogP contribution is 2.21. The highest BCUT2D eigenvalue weighted by atomic mass is 16.3. The van der Waals surface area contributed by atoms with Crippen molar-refractivity contribution in [3.05, 3.63) is 23.9 Å². The molecule has 3 fully saturated rings. The Morgan fingerprint density at radius 2 is 2.17 bits per heavy atom. The number of hydrogen-bond donors (Lipinski definition) is 2. The van der Waals surface area contributed by atoms with E-state index < -0.39 is 0 Å². The van der Waals surface area contributed by atoms with E-state index in [4.69, 9.17) is 5.73 Å². The summed E-state index contributed by atoms with van der Waals surface area (Å²) in [4.78, 5) is 8.90. The zero-order valence-corrected chi connectivity index (χ0v) is 10.5. The maximum atomic E-state index is 10.4. The molecule has 5 nitrogen and oxygen atoms in total. The fourth-order valence-corrected chi connectivity index (χ4v) is 3.01. The molecule has 0 radical (unpaired) electrons. The van der Waals surface area contributed by atoms with E-state index in [2.05, 4.69) is 14.8 Å². The number of pyridine rings is 1. The Morgan fingerprint density at radius 1 is 1.39 bits per heavy atom. The van der Waals surface area contributed by atoms with Crippen LogP contribution in [0.2, 0.25) is 0 Å². The molecule has 2 bridgehead atoms. The third-order valence-corrected chi connectivity index (χ3v) is 4.12. The molecule has 3 saturated heterocycles. The molecule has 18 heavy (non-hydrogen) atoms. The predicted molar refractivity (Wildman–Crippen MR) is 70.2 cm³/mol. The lowest BCUT2D eigenvalue weighted by Crippen LogP contribution is -2.64. The number of piperazine rings is 3. The molecular weight excluding hydrogens is 228 g/mol. The molecular formula is C13H20N4O. The minimum atomic E-state index is -0.361. The van der Waals surface area contributed by atoms with Gasteiger partial charge in [-0.05, 0) is 11.6 Å². The second-order valence-corrected chi connectivity index (χ2v) is 5.22. The van der Waals surface area contributed by atoms with Gasteiger partial charge in [0.15, 0.2) is 0 Å². The minimum Gasteiger partial charge on any atom is -0.391 e. The number of aliphatic hydroxyl groups is 1. The normalized spacial score (nSPS) is 32.4. The standard InChI is InChI=1S/C13H20N4O/c14-13-10(2-1-3-15-13)8-12(18)11-9-16-4-6-17(11)7-5-16/h1-3,11-12,18H,4-9H2,(H2,14,15). The van der Waals surface area contributed by atoms with Gasteiger partial charge in [-0.25, -0.2) is 4.98 Å². The molecule has 2 atom stereocenters. The van der Waals surface area contributed by atoms with Crippen molar-refractivity contribution in [2.45, 2.75) is 18.6 Å². The van der Waals surface area contributed by atoms with Crippen LogP contribution < -0.4 is 5.73 Å². The number of aromatic nitrogens is 1. The van der Waals surface area contributed by atoms with Crippen molar-refractivity contribution in [2.75, 3.05) is 38.5 Å². The zero-order valence-electron chi connectivity index (χ0n) is 10.5. The highest BCUT2D eigenvalue weighted by Gasteiger charge is 2.36. The monoisotopic (exact) mass is 248 g/mol. The number of rotatable bonds is 3. The van der Waals surface area contributed by atoms with Gasteiger partial charge < -0.3 is 10.8 Å². The first-order chi connectivity index (χ1) is 8.74. The van der Waals surface area contributed by atoms with E-state index in [1.54, 1.807) is 6.20 Å². The van der Waals surface area contributed by atoms with Crippen molar-refractivity contribution >= 4 is 5.82 Å². The fraction of sp³-hybridized carbons (Fsp3) is 0.615. The molecule has 3 aliphatic heterocycles. The molecule has 3 N–H and O–H groups in total. The van der Waals surface area contributed by atoms with Crippen LogP contribution in [0.5, 0.6) is 0 Å². The lowest BCUT2D eigenvalue weighted by Gasteiger charge is -2.49. The Morgan fingerprint density at radius 3 is 2.78 bits per heavy atom. The predicted octanol–water partition coefficient (Wildman–Crippen LogP) is -0.433. The summed E-state index contributed by atoms with van der Waals surface area (Å²) >= 11 is 0. The Balaban J connectivity index is 1.68. The molecule has 5 heteroatoms. The van der Waals surface area contributed by atoms with E-state index >= 15 is 0 Å². The number of anilines is 1. The molecule has 4 heterocycles. The molecule has 0 saturated carbocycles. The van der Waals surface area contributed by atoms with Gasteiger partial charge in [-0.15, -0.1) is 0 Å². The van der Waals surface area contributed by atoms with Crippen LogP contribution in [-0.2, 0) is 6.42 Å². The second kappa shape index (κ2) is 4.84. The number of nitrogens with two attached hydrogens (primary N) is 1. The van der Waals surface area contributed by atoms with Gasteiger partial charge in [0.05, 0.1) is 6.10 Å². The van der Waals surface area contributed by atoms with Crippen LogP contribution in [0.15, 0.2) is 18.3 Å². The smallest absolute Gasteiger partial charge is 0.126 e. The SMILES string of the molecule is Nc1ncccc1CC(O)C1CN2CCN1CC2. The summed E-state index contributed by atoms with van der Waals surface area (Å²) in [6.45, 7) is 5.40. The van der Waals surface area contributed by atoms with Crippen LogP contribution in [0.3, 0.4) is 0 Å². The molecule has 0 aromatic carbocycles. The van der Waals surface area contributed by atoms with Crippen LogP contribution >= 0.6 is 0 Å². The van der Waals surface area contributed by atoms with E-state index in [-0.39, 0.29) is 12.1 Å². The first kappa shape index (κ1) is 11.9. The lowest BCUT2D eigenvalue weighted by atomic mass is 9.97. The molecule has 1 aromatic heterocycles. The molecule has 0 aliphatic carbocycles. The van der Waals surface area contributed by atoms with Crippen LogP contribution in [0.25, 0.3) is 0 Å². The fourth-order valence-electron chi connectivity index (χ4n) is 3.01. The van der Waals surface area contributed by atoms with Crippen molar-refractivity contribution in [3.8, 4) is 0 Å². The summed E-state index contributed by atoms with van der Waals surface area (Å²) in [6, 6.07) is 4.06. The Kier molecular flexibility index (Phi) is 3.20. The third-order valence-electron chi connectivity index (χ3n) is 4.12. The maximum absolute atomic E-state index is 10.4. The first-order valence-corrected chi connectivity index (χ1v) is 6.58. The number of fused-ring (bicyclic) bond motifs is 3. The van der Waals surface area contributed by atoms with Crippen molar-refractivity contribution in [2.24, 2.45) is 0 Å². The summed E-state index contributed by atoms with van der Waals surface area (Å²) in [5.74, 6) is 0.535. The van der Waals surface area contributed by atoms with E-state index in [0.717, 1.165) is 38.3 Å². The number of nitrogen functional groups attached to an aromatic ring is 1. The molecule has 3 aliphatic rings. The Bertz CT molecular complexity index is 417. The largest absolute Gasteiger partial charge is 0.391 e. The molecule has 98 valence electrons. The van der Waals surface area contributed by atoms with Crippen molar-refractivity contribution in [1.29, 1.82) is 0 Å². The van der Waals surface area contributed by atoms with Crippen LogP contribution in [0.4, 0.5) is 5.82 Å². The quantitative estimate of drug-likeness (QED) is 0.759. The number of aliphatic hydroxyl groups excluding tert-OH is 1. The van der Waals surface area contributed by atoms with E-state index in [1.807, 2.05) is 12.1 Å². The summed E-state index contributed by atoms with van der Waals surface area (Å²) < 4.78 is 0. The van der Waals surface area contributed by atoms with Gasteiger partial charge in [-0.3, -0.25) is 9.80 Å². The van der Waals surface area contributed by atoms with Crippen LogP contribution in [0.1, 0.15) is 5.56 Å². The summed E-state index contributed by atoms with van der Waals surface area (Å²) in [7, 11) is 0. The average Bonchev–Trinajstić information content (AvgIpc) is 2.42.